The van der Waals surface area contributed by atoms with Gasteiger partial charge in [-0.25, -0.2) is 0 Å². The molecule has 3 N–H and O–H groups in total. The molecule has 4 atom stereocenters. The first-order chi connectivity index (χ1) is 10.5. The van der Waals surface area contributed by atoms with E-state index >= 15 is 0 Å². The van der Waals surface area contributed by atoms with Gasteiger partial charge in [0.05, 0.1) is 5.27 Å². The first-order valence-electron chi connectivity index (χ1n) is 8.85. The fourth-order valence-corrected chi connectivity index (χ4v) is 6.88. The van der Waals surface area contributed by atoms with E-state index in [0.29, 0.717) is 5.92 Å². The van der Waals surface area contributed by atoms with Crippen molar-refractivity contribution >= 4 is 24.7 Å². The standard InChI is InChI=1S/C16H28BNO3S/c1-11(19)13-9-6-10-16(12-7-4-2-3-5-8-12)14(13)18-15(22-16)17(20)21/h12-15,18,20-21H,2-10H2,1H3. The van der Waals surface area contributed by atoms with Crippen molar-refractivity contribution in [2.75, 3.05) is 0 Å². The summed E-state index contributed by atoms with van der Waals surface area (Å²) < 4.78 is 0.0211. The molecule has 3 aliphatic rings. The Bertz CT molecular complexity index is 414. The summed E-state index contributed by atoms with van der Waals surface area (Å²) in [6, 6.07) is 0.110. The molecule has 0 bridgehead atoms. The first kappa shape index (κ1) is 16.8. The van der Waals surface area contributed by atoms with Crippen molar-refractivity contribution in [2.24, 2.45) is 11.8 Å². The van der Waals surface area contributed by atoms with Crippen molar-refractivity contribution in [3.63, 3.8) is 0 Å². The van der Waals surface area contributed by atoms with Crippen LogP contribution in [0.2, 0.25) is 0 Å². The van der Waals surface area contributed by atoms with Crippen molar-refractivity contribution in [3.05, 3.63) is 0 Å². The highest BCUT2D eigenvalue weighted by Crippen LogP contribution is 2.56. The Balaban J connectivity index is 1.90. The summed E-state index contributed by atoms with van der Waals surface area (Å²) >= 11 is 1.72. The number of thioether (sulfide) groups is 1. The van der Waals surface area contributed by atoms with Crippen LogP contribution >= 0.6 is 11.8 Å². The summed E-state index contributed by atoms with van der Waals surface area (Å²) in [6.07, 6.45) is 10.8. The lowest BCUT2D eigenvalue weighted by molar-refractivity contribution is -0.123. The second-order valence-corrected chi connectivity index (χ2v) is 8.85. The molecule has 124 valence electrons. The Morgan fingerprint density at radius 1 is 1.14 bits per heavy atom. The van der Waals surface area contributed by atoms with Crippen LogP contribution in [-0.2, 0) is 4.79 Å². The van der Waals surface area contributed by atoms with Gasteiger partial charge in [-0.15, -0.1) is 11.8 Å². The molecule has 3 fully saturated rings. The average Bonchev–Trinajstić information content (AvgIpc) is 2.68. The molecule has 2 aliphatic carbocycles. The van der Waals surface area contributed by atoms with Gasteiger partial charge in [0.2, 0.25) is 0 Å². The van der Waals surface area contributed by atoms with Gasteiger partial charge in [-0.2, -0.15) is 0 Å². The predicted molar refractivity (Wildman–Crippen MR) is 90.4 cm³/mol. The molecule has 0 aromatic rings. The van der Waals surface area contributed by atoms with E-state index in [9.17, 15) is 14.8 Å². The molecule has 2 saturated carbocycles. The first-order valence-corrected chi connectivity index (χ1v) is 9.73. The van der Waals surface area contributed by atoms with Gasteiger partial charge in [0.15, 0.2) is 0 Å². The second-order valence-electron chi connectivity index (χ2n) is 7.35. The molecule has 4 unspecified atom stereocenters. The highest BCUT2D eigenvalue weighted by molar-refractivity contribution is 8.02. The number of Topliss-reactive ketones (excluding diaryl/α,β-unsaturated/α-hetero) is 1. The molecule has 0 spiro atoms. The van der Waals surface area contributed by atoms with E-state index in [2.05, 4.69) is 5.32 Å². The number of ketones is 1. The lowest BCUT2D eigenvalue weighted by atomic mass is 9.67. The molecule has 0 amide bonds. The van der Waals surface area contributed by atoms with E-state index in [1.165, 1.54) is 38.5 Å². The van der Waals surface area contributed by atoms with Gasteiger partial charge in [-0.05, 0) is 38.5 Å². The lowest BCUT2D eigenvalue weighted by Crippen LogP contribution is -2.56. The smallest absolute Gasteiger partial charge is 0.426 e. The SMILES string of the molecule is CC(=O)C1CCCC2(C3CCCCCC3)SC(B(O)O)NC12. The quantitative estimate of drug-likeness (QED) is 0.548. The Kier molecular flexibility index (Phi) is 5.22. The van der Waals surface area contributed by atoms with Crippen LogP contribution in [0.1, 0.15) is 64.7 Å². The van der Waals surface area contributed by atoms with Gasteiger partial charge >= 0.3 is 7.12 Å². The van der Waals surface area contributed by atoms with E-state index in [1.54, 1.807) is 18.7 Å². The lowest BCUT2D eigenvalue weighted by Gasteiger charge is -2.47. The van der Waals surface area contributed by atoms with Crippen molar-refractivity contribution in [2.45, 2.75) is 80.8 Å². The Labute approximate surface area is 138 Å². The van der Waals surface area contributed by atoms with E-state index in [-0.39, 0.29) is 27.8 Å². The number of rotatable bonds is 3. The highest BCUT2D eigenvalue weighted by atomic mass is 32.2. The summed E-state index contributed by atoms with van der Waals surface area (Å²) in [5.41, 5.74) is 0. The monoisotopic (exact) mass is 325 g/mol. The Hall–Kier alpha value is -0.0351. The second kappa shape index (κ2) is 6.84. The van der Waals surface area contributed by atoms with Gasteiger partial charge < -0.3 is 15.4 Å². The number of hydrogen-bond acceptors (Lipinski definition) is 5. The molecule has 4 nitrogen and oxygen atoms in total. The van der Waals surface area contributed by atoms with Crippen LogP contribution in [0.4, 0.5) is 0 Å². The molecule has 1 saturated heterocycles. The van der Waals surface area contributed by atoms with E-state index < -0.39 is 7.12 Å². The van der Waals surface area contributed by atoms with Crippen LogP contribution in [0.15, 0.2) is 0 Å². The fourth-order valence-electron chi connectivity index (χ4n) is 5.00. The number of carbonyl (C=O) groups excluding carboxylic acids is 1. The number of fused-ring (bicyclic) bond motifs is 1. The summed E-state index contributed by atoms with van der Waals surface area (Å²) in [6.45, 7) is 1.70. The third kappa shape index (κ3) is 3.00. The van der Waals surface area contributed by atoms with E-state index in [4.69, 9.17) is 0 Å². The van der Waals surface area contributed by atoms with Crippen LogP contribution < -0.4 is 5.32 Å². The Morgan fingerprint density at radius 3 is 2.41 bits per heavy atom. The minimum atomic E-state index is -1.36. The maximum absolute atomic E-state index is 12.1. The zero-order chi connectivity index (χ0) is 15.7. The number of hydrogen-bond donors (Lipinski definition) is 3. The van der Waals surface area contributed by atoms with Crippen molar-refractivity contribution in [1.82, 2.24) is 5.32 Å². The molecule has 0 aromatic heterocycles. The van der Waals surface area contributed by atoms with Gasteiger partial charge in [0.1, 0.15) is 5.78 Å². The van der Waals surface area contributed by atoms with Crippen LogP contribution in [0.3, 0.4) is 0 Å². The minimum Gasteiger partial charge on any atom is -0.426 e. The summed E-state index contributed by atoms with van der Waals surface area (Å²) in [7, 11) is -1.36. The molecule has 1 aliphatic heterocycles. The van der Waals surface area contributed by atoms with Gasteiger partial charge in [0.25, 0.3) is 0 Å². The van der Waals surface area contributed by atoms with Gasteiger partial charge in [0, 0.05) is 16.7 Å². The van der Waals surface area contributed by atoms with Crippen LogP contribution in [0.25, 0.3) is 0 Å². The number of carbonyl (C=O) groups is 1. The molecular weight excluding hydrogens is 297 g/mol. The third-order valence-corrected chi connectivity index (χ3v) is 7.90. The number of nitrogens with one attached hydrogen (secondary N) is 1. The maximum Gasteiger partial charge on any atom is 0.480 e. The summed E-state index contributed by atoms with van der Waals surface area (Å²) in [5.74, 6) is 0.889. The zero-order valence-corrected chi connectivity index (χ0v) is 14.3. The van der Waals surface area contributed by atoms with Gasteiger partial charge in [-0.1, -0.05) is 32.1 Å². The maximum atomic E-state index is 12.1. The van der Waals surface area contributed by atoms with Crippen molar-refractivity contribution < 1.29 is 14.8 Å². The zero-order valence-electron chi connectivity index (χ0n) is 13.5. The van der Waals surface area contributed by atoms with Gasteiger partial charge in [-0.3, -0.25) is 4.79 Å². The third-order valence-electron chi connectivity index (χ3n) is 6.04. The molecule has 0 radical (unpaired) electrons. The van der Waals surface area contributed by atoms with Crippen LogP contribution in [0, 0.1) is 11.8 Å². The predicted octanol–water partition coefficient (Wildman–Crippen LogP) is 2.13. The normalized spacial score (nSPS) is 40.0. The average molecular weight is 325 g/mol. The molecule has 1 heterocycles. The van der Waals surface area contributed by atoms with Crippen molar-refractivity contribution in [3.8, 4) is 0 Å². The van der Waals surface area contributed by atoms with E-state index in [0.717, 1.165) is 19.3 Å². The topological polar surface area (TPSA) is 69.6 Å². The molecule has 0 aromatic carbocycles. The summed E-state index contributed by atoms with van der Waals surface area (Å²) in [4.78, 5) is 12.1. The highest BCUT2D eigenvalue weighted by Gasteiger charge is 2.58. The van der Waals surface area contributed by atoms with E-state index in [1.807, 2.05) is 0 Å². The molecule has 22 heavy (non-hydrogen) atoms. The summed E-state index contributed by atoms with van der Waals surface area (Å²) in [5, 5.41) is 22.4. The minimum absolute atomic E-state index is 0.0211. The largest absolute Gasteiger partial charge is 0.480 e. The van der Waals surface area contributed by atoms with Crippen molar-refractivity contribution in [1.29, 1.82) is 0 Å². The van der Waals surface area contributed by atoms with Crippen LogP contribution in [0.5, 0.6) is 0 Å². The fraction of sp³-hybridized carbons (Fsp3) is 0.938. The van der Waals surface area contributed by atoms with Crippen LogP contribution in [-0.4, -0.2) is 39.0 Å². The molecular formula is C16H28BNO3S. The molecule has 3 rings (SSSR count). The Morgan fingerprint density at radius 2 is 1.82 bits per heavy atom. The molecule has 6 heteroatoms.